The number of anilines is 1. The first-order valence-electron chi connectivity index (χ1n) is 6.87. The first kappa shape index (κ1) is 12.7. The summed E-state index contributed by atoms with van der Waals surface area (Å²) in [5.74, 6) is -0.850. The largest absolute Gasteiger partial charge is 0.481 e. The van der Waals surface area contributed by atoms with E-state index in [2.05, 4.69) is 17.4 Å². The van der Waals surface area contributed by atoms with E-state index in [0.29, 0.717) is 0 Å². The summed E-state index contributed by atoms with van der Waals surface area (Å²) >= 11 is 0. The number of aliphatic carboxylic acids is 1. The van der Waals surface area contributed by atoms with Crippen molar-refractivity contribution in [1.82, 2.24) is 0 Å². The Morgan fingerprint density at radius 2 is 1.95 bits per heavy atom. The molecule has 1 aliphatic rings. The van der Waals surface area contributed by atoms with E-state index in [1.165, 1.54) is 11.3 Å². The molecule has 3 heteroatoms. The fraction of sp³-hybridized carbons (Fsp3) is 0.235. The second-order valence-electron chi connectivity index (χ2n) is 5.15. The molecule has 2 aromatic rings. The van der Waals surface area contributed by atoms with Crippen molar-refractivity contribution >= 4 is 11.7 Å². The van der Waals surface area contributed by atoms with Crippen molar-refractivity contribution < 1.29 is 9.90 Å². The summed E-state index contributed by atoms with van der Waals surface area (Å²) in [5.41, 5.74) is 4.60. The summed E-state index contributed by atoms with van der Waals surface area (Å²) in [6, 6.07) is 16.1. The zero-order chi connectivity index (χ0) is 13.9. The normalized spacial score (nSPS) is 14.4. The molecule has 0 amide bonds. The number of benzene rings is 2. The van der Waals surface area contributed by atoms with Gasteiger partial charge in [0, 0.05) is 18.2 Å². The number of fused-ring (bicyclic) bond motifs is 1. The highest BCUT2D eigenvalue weighted by molar-refractivity contribution is 5.69. The van der Waals surface area contributed by atoms with Gasteiger partial charge in [-0.15, -0.1) is 0 Å². The SMILES string of the molecule is O=C(O)CC(c1ccccc1)c1ccc2c(c1)CCN2. The summed E-state index contributed by atoms with van der Waals surface area (Å²) < 4.78 is 0. The summed E-state index contributed by atoms with van der Waals surface area (Å²) in [5, 5.41) is 12.5. The van der Waals surface area contributed by atoms with Crippen molar-refractivity contribution in [1.29, 1.82) is 0 Å². The number of carboxylic acids is 1. The van der Waals surface area contributed by atoms with E-state index in [-0.39, 0.29) is 12.3 Å². The van der Waals surface area contributed by atoms with E-state index in [1.807, 2.05) is 36.4 Å². The molecule has 2 N–H and O–H groups in total. The average molecular weight is 267 g/mol. The maximum absolute atomic E-state index is 11.2. The molecule has 2 aromatic carbocycles. The van der Waals surface area contributed by atoms with Crippen LogP contribution in [0.4, 0.5) is 5.69 Å². The van der Waals surface area contributed by atoms with Crippen LogP contribution in [-0.4, -0.2) is 17.6 Å². The third-order valence-corrected chi connectivity index (χ3v) is 3.82. The van der Waals surface area contributed by atoms with Crippen LogP contribution in [0.5, 0.6) is 0 Å². The lowest BCUT2D eigenvalue weighted by atomic mass is 9.87. The van der Waals surface area contributed by atoms with E-state index >= 15 is 0 Å². The minimum Gasteiger partial charge on any atom is -0.481 e. The molecule has 0 spiro atoms. The number of nitrogens with one attached hydrogen (secondary N) is 1. The van der Waals surface area contributed by atoms with Gasteiger partial charge < -0.3 is 10.4 Å². The number of hydrogen-bond acceptors (Lipinski definition) is 2. The van der Waals surface area contributed by atoms with Crippen LogP contribution in [0.2, 0.25) is 0 Å². The Hall–Kier alpha value is -2.29. The Morgan fingerprint density at radius 3 is 2.70 bits per heavy atom. The van der Waals surface area contributed by atoms with Crippen LogP contribution in [0.1, 0.15) is 29.0 Å². The van der Waals surface area contributed by atoms with Crippen molar-refractivity contribution in [3.8, 4) is 0 Å². The quantitative estimate of drug-likeness (QED) is 0.894. The zero-order valence-electron chi connectivity index (χ0n) is 11.2. The van der Waals surface area contributed by atoms with Gasteiger partial charge in [0.15, 0.2) is 0 Å². The van der Waals surface area contributed by atoms with Gasteiger partial charge in [-0.2, -0.15) is 0 Å². The average Bonchev–Trinajstić information content (AvgIpc) is 2.93. The lowest BCUT2D eigenvalue weighted by Gasteiger charge is -2.17. The molecular formula is C17H17NO2. The molecule has 3 nitrogen and oxygen atoms in total. The Bertz CT molecular complexity index is 622. The molecule has 0 bridgehead atoms. The number of carbonyl (C=O) groups is 1. The van der Waals surface area contributed by atoms with Gasteiger partial charge in [-0.25, -0.2) is 0 Å². The molecule has 0 aromatic heterocycles. The topological polar surface area (TPSA) is 49.3 Å². The molecule has 3 rings (SSSR count). The Morgan fingerprint density at radius 1 is 1.15 bits per heavy atom. The first-order chi connectivity index (χ1) is 9.74. The van der Waals surface area contributed by atoms with Crippen LogP contribution >= 0.6 is 0 Å². The molecule has 20 heavy (non-hydrogen) atoms. The monoisotopic (exact) mass is 267 g/mol. The van der Waals surface area contributed by atoms with Crippen LogP contribution in [-0.2, 0) is 11.2 Å². The van der Waals surface area contributed by atoms with Crippen molar-refractivity contribution in [2.45, 2.75) is 18.8 Å². The van der Waals surface area contributed by atoms with E-state index in [1.54, 1.807) is 0 Å². The molecule has 1 aliphatic heterocycles. The fourth-order valence-corrected chi connectivity index (χ4v) is 2.83. The highest BCUT2D eigenvalue weighted by Crippen LogP contribution is 2.32. The molecule has 102 valence electrons. The molecule has 0 saturated heterocycles. The number of carboxylic acid groups (broad SMARTS) is 1. The second kappa shape index (κ2) is 5.37. The maximum atomic E-state index is 11.2. The van der Waals surface area contributed by atoms with Crippen LogP contribution in [0.25, 0.3) is 0 Å². The fourth-order valence-electron chi connectivity index (χ4n) is 2.83. The minimum atomic E-state index is -0.766. The van der Waals surface area contributed by atoms with Crippen LogP contribution in [0, 0.1) is 0 Å². The molecule has 0 fully saturated rings. The van der Waals surface area contributed by atoms with E-state index in [9.17, 15) is 9.90 Å². The van der Waals surface area contributed by atoms with Crippen molar-refractivity contribution in [3.05, 3.63) is 65.2 Å². The molecule has 1 heterocycles. The van der Waals surface area contributed by atoms with Gasteiger partial charge in [0.05, 0.1) is 6.42 Å². The zero-order valence-corrected chi connectivity index (χ0v) is 11.2. The minimum absolute atomic E-state index is 0.0837. The van der Waals surface area contributed by atoms with Gasteiger partial charge in [0.1, 0.15) is 0 Å². The Kier molecular flexibility index (Phi) is 3.42. The summed E-state index contributed by atoms with van der Waals surface area (Å²) in [7, 11) is 0. The standard InChI is InChI=1S/C17H17NO2/c19-17(20)11-15(12-4-2-1-3-5-12)13-6-7-16-14(10-13)8-9-18-16/h1-7,10,15,18H,8-9,11H2,(H,19,20). The van der Waals surface area contributed by atoms with Gasteiger partial charge in [-0.05, 0) is 29.2 Å². The van der Waals surface area contributed by atoms with Gasteiger partial charge in [-0.3, -0.25) is 4.79 Å². The van der Waals surface area contributed by atoms with Gasteiger partial charge in [0.2, 0.25) is 0 Å². The molecule has 1 unspecified atom stereocenters. The highest BCUT2D eigenvalue weighted by atomic mass is 16.4. The van der Waals surface area contributed by atoms with Crippen molar-refractivity contribution in [2.75, 3.05) is 11.9 Å². The van der Waals surface area contributed by atoms with Crippen LogP contribution < -0.4 is 5.32 Å². The van der Waals surface area contributed by atoms with Crippen LogP contribution in [0.15, 0.2) is 48.5 Å². The number of rotatable bonds is 4. The van der Waals surface area contributed by atoms with E-state index in [0.717, 1.165) is 24.1 Å². The molecule has 0 radical (unpaired) electrons. The molecule has 0 aliphatic carbocycles. The van der Waals surface area contributed by atoms with Crippen LogP contribution in [0.3, 0.4) is 0 Å². The van der Waals surface area contributed by atoms with Crippen molar-refractivity contribution in [2.24, 2.45) is 0 Å². The van der Waals surface area contributed by atoms with Gasteiger partial charge in [-0.1, -0.05) is 42.5 Å². The highest BCUT2D eigenvalue weighted by Gasteiger charge is 2.20. The summed E-state index contributed by atoms with van der Waals surface area (Å²) in [6.07, 6.45) is 1.13. The predicted octanol–water partition coefficient (Wildman–Crippen LogP) is 3.26. The van der Waals surface area contributed by atoms with E-state index < -0.39 is 5.97 Å². The molecule has 0 saturated carbocycles. The third-order valence-electron chi connectivity index (χ3n) is 3.82. The number of hydrogen-bond donors (Lipinski definition) is 2. The molecule has 1 atom stereocenters. The Balaban J connectivity index is 1.99. The van der Waals surface area contributed by atoms with Gasteiger partial charge >= 0.3 is 5.97 Å². The van der Waals surface area contributed by atoms with Gasteiger partial charge in [0.25, 0.3) is 0 Å². The lowest BCUT2D eigenvalue weighted by molar-refractivity contribution is -0.137. The summed E-state index contributed by atoms with van der Waals surface area (Å²) in [6.45, 7) is 0.966. The maximum Gasteiger partial charge on any atom is 0.304 e. The van der Waals surface area contributed by atoms with E-state index in [4.69, 9.17) is 0 Å². The lowest BCUT2D eigenvalue weighted by Crippen LogP contribution is -2.08. The third kappa shape index (κ3) is 2.52. The second-order valence-corrected chi connectivity index (χ2v) is 5.15. The smallest absolute Gasteiger partial charge is 0.304 e. The Labute approximate surface area is 118 Å². The predicted molar refractivity (Wildman–Crippen MR) is 79.2 cm³/mol. The summed E-state index contributed by atoms with van der Waals surface area (Å²) in [4.78, 5) is 11.2. The van der Waals surface area contributed by atoms with Crippen molar-refractivity contribution in [3.63, 3.8) is 0 Å². The molecular weight excluding hydrogens is 250 g/mol. The first-order valence-corrected chi connectivity index (χ1v) is 6.87.